The molecule has 0 bridgehead atoms. The van der Waals surface area contributed by atoms with Crippen molar-refractivity contribution < 1.29 is 18.8 Å². The Morgan fingerprint density at radius 2 is 1.97 bits per heavy atom. The summed E-state index contributed by atoms with van der Waals surface area (Å²) in [5.41, 5.74) is 4.74. The molecule has 3 aromatic rings. The summed E-state index contributed by atoms with van der Waals surface area (Å²) in [5.74, 6) is -0.830. The molecule has 1 fully saturated rings. The van der Waals surface area contributed by atoms with Gasteiger partial charge in [0.15, 0.2) is 5.78 Å². The van der Waals surface area contributed by atoms with Crippen LogP contribution in [0.15, 0.2) is 48.7 Å². The molecule has 1 aliphatic carbocycles. The van der Waals surface area contributed by atoms with Crippen molar-refractivity contribution in [2.75, 3.05) is 11.9 Å². The standard InChI is InChI=1S/C26H25FN4O3/c1-2-23(33)31-13-20-24(21(32)14-31)18(10-15-6-4-3-5-7-15)25(29-20)16-8-9-28-22(11-16)30-26(34)17-12-19(17)27/h3-9,11,17,19,29H,2,10,12-14H2,1H3,(H,28,30,34)/t17-,19+/m1/s1. The molecule has 0 saturated heterocycles. The second-order valence-electron chi connectivity index (χ2n) is 8.80. The van der Waals surface area contributed by atoms with E-state index in [1.807, 2.05) is 30.3 Å². The summed E-state index contributed by atoms with van der Waals surface area (Å²) in [5, 5.41) is 2.69. The quantitative estimate of drug-likeness (QED) is 0.583. The summed E-state index contributed by atoms with van der Waals surface area (Å²) in [7, 11) is 0. The van der Waals surface area contributed by atoms with Crippen LogP contribution in [0.2, 0.25) is 0 Å². The van der Waals surface area contributed by atoms with Crippen molar-refractivity contribution in [1.82, 2.24) is 14.9 Å². The molecule has 3 heterocycles. The van der Waals surface area contributed by atoms with Crippen molar-refractivity contribution >= 4 is 23.4 Å². The number of carbonyl (C=O) groups excluding carboxylic acids is 3. The SMILES string of the molecule is CCC(=O)N1CC(=O)c2c([nH]c(-c3ccnc(NC(=O)[C@@H]4C[C@@H]4F)c3)c2Cc2ccccc2)C1. The normalized spacial score (nSPS) is 19.0. The van der Waals surface area contributed by atoms with E-state index in [2.05, 4.69) is 15.3 Å². The van der Waals surface area contributed by atoms with Crippen LogP contribution < -0.4 is 5.32 Å². The second-order valence-corrected chi connectivity index (χ2v) is 8.80. The number of aromatic nitrogens is 2. The number of pyridine rings is 1. The molecule has 2 N–H and O–H groups in total. The summed E-state index contributed by atoms with van der Waals surface area (Å²) in [6.45, 7) is 2.18. The Labute approximate surface area is 196 Å². The van der Waals surface area contributed by atoms with Crippen molar-refractivity contribution in [2.45, 2.75) is 38.9 Å². The Bertz CT molecular complexity index is 1270. The predicted octanol–water partition coefficient (Wildman–Crippen LogP) is 3.90. The average molecular weight is 461 g/mol. The van der Waals surface area contributed by atoms with Crippen molar-refractivity contribution in [3.8, 4) is 11.3 Å². The van der Waals surface area contributed by atoms with Crippen molar-refractivity contribution in [2.24, 2.45) is 5.92 Å². The third-order valence-corrected chi connectivity index (χ3v) is 6.37. The Kier molecular flexibility index (Phi) is 5.73. The highest BCUT2D eigenvalue weighted by atomic mass is 19.1. The van der Waals surface area contributed by atoms with Crippen LogP contribution in [0.5, 0.6) is 0 Å². The van der Waals surface area contributed by atoms with Crippen LogP contribution in [0.25, 0.3) is 11.3 Å². The molecule has 0 radical (unpaired) electrons. The van der Waals surface area contributed by atoms with E-state index < -0.39 is 12.1 Å². The molecule has 7 nitrogen and oxygen atoms in total. The minimum absolute atomic E-state index is 0.0577. The fraction of sp³-hybridized carbons (Fsp3) is 0.308. The van der Waals surface area contributed by atoms with Gasteiger partial charge in [0, 0.05) is 35.9 Å². The summed E-state index contributed by atoms with van der Waals surface area (Å²) >= 11 is 0. The van der Waals surface area contributed by atoms with E-state index in [1.54, 1.807) is 30.2 Å². The number of anilines is 1. The number of hydrogen-bond acceptors (Lipinski definition) is 4. The number of halogens is 1. The summed E-state index contributed by atoms with van der Waals surface area (Å²) in [6.07, 6.45) is 1.60. The Balaban J connectivity index is 1.54. The number of carbonyl (C=O) groups is 3. The summed E-state index contributed by atoms with van der Waals surface area (Å²) < 4.78 is 13.3. The van der Waals surface area contributed by atoms with Crippen LogP contribution in [0.4, 0.5) is 10.2 Å². The molecule has 5 rings (SSSR count). The first kappa shape index (κ1) is 22.0. The van der Waals surface area contributed by atoms with Gasteiger partial charge >= 0.3 is 0 Å². The van der Waals surface area contributed by atoms with E-state index in [9.17, 15) is 18.8 Å². The van der Waals surface area contributed by atoms with Gasteiger partial charge in [-0.1, -0.05) is 37.3 Å². The molecule has 8 heteroatoms. The van der Waals surface area contributed by atoms with Gasteiger partial charge in [-0.05, 0) is 29.7 Å². The minimum atomic E-state index is -1.09. The van der Waals surface area contributed by atoms with E-state index in [-0.39, 0.29) is 30.6 Å². The number of H-pyrrole nitrogens is 1. The minimum Gasteiger partial charge on any atom is -0.356 e. The molecule has 1 aliphatic heterocycles. The Morgan fingerprint density at radius 1 is 1.21 bits per heavy atom. The van der Waals surface area contributed by atoms with Gasteiger partial charge in [0.25, 0.3) is 0 Å². The lowest BCUT2D eigenvalue weighted by Crippen LogP contribution is -2.39. The number of alkyl halides is 1. The van der Waals surface area contributed by atoms with E-state index in [0.717, 1.165) is 22.4 Å². The maximum atomic E-state index is 13.3. The van der Waals surface area contributed by atoms with Gasteiger partial charge in [-0.25, -0.2) is 9.37 Å². The van der Waals surface area contributed by atoms with Gasteiger partial charge < -0.3 is 15.2 Å². The first-order chi connectivity index (χ1) is 16.4. The molecule has 0 unspecified atom stereocenters. The molecule has 2 atom stereocenters. The third-order valence-electron chi connectivity index (χ3n) is 6.37. The largest absolute Gasteiger partial charge is 0.356 e. The van der Waals surface area contributed by atoms with Gasteiger partial charge in [-0.3, -0.25) is 14.4 Å². The molecule has 2 aliphatic rings. The number of benzene rings is 1. The smallest absolute Gasteiger partial charge is 0.231 e. The summed E-state index contributed by atoms with van der Waals surface area (Å²) in [4.78, 5) is 46.8. The number of hydrogen-bond donors (Lipinski definition) is 2. The number of nitrogens with zero attached hydrogens (tertiary/aromatic N) is 2. The molecule has 1 saturated carbocycles. The highest BCUT2D eigenvalue weighted by molar-refractivity contribution is 6.04. The topological polar surface area (TPSA) is 95.2 Å². The number of amides is 2. The lowest BCUT2D eigenvalue weighted by molar-refractivity contribution is -0.131. The molecule has 2 amide bonds. The molecule has 0 spiro atoms. The van der Waals surface area contributed by atoms with Crippen LogP contribution in [-0.4, -0.2) is 45.2 Å². The van der Waals surface area contributed by atoms with E-state index >= 15 is 0 Å². The lowest BCUT2D eigenvalue weighted by atomic mass is 9.93. The first-order valence-electron chi connectivity index (χ1n) is 11.4. The highest BCUT2D eigenvalue weighted by Gasteiger charge is 2.43. The van der Waals surface area contributed by atoms with Crippen molar-refractivity contribution in [1.29, 1.82) is 0 Å². The number of ketones is 1. The van der Waals surface area contributed by atoms with Crippen LogP contribution in [0.3, 0.4) is 0 Å². The van der Waals surface area contributed by atoms with Gasteiger partial charge in [0.2, 0.25) is 11.8 Å². The van der Waals surface area contributed by atoms with Crippen LogP contribution >= 0.6 is 0 Å². The molecule has 1 aromatic carbocycles. The lowest BCUT2D eigenvalue weighted by Gasteiger charge is -2.26. The zero-order valence-corrected chi connectivity index (χ0v) is 18.8. The first-order valence-corrected chi connectivity index (χ1v) is 11.4. The van der Waals surface area contributed by atoms with Crippen molar-refractivity contribution in [3.63, 3.8) is 0 Å². The Morgan fingerprint density at radius 3 is 2.68 bits per heavy atom. The van der Waals surface area contributed by atoms with Crippen molar-refractivity contribution in [3.05, 3.63) is 71.0 Å². The fourth-order valence-corrected chi connectivity index (χ4v) is 4.48. The van der Waals surface area contributed by atoms with Crippen LogP contribution in [0.1, 0.15) is 46.9 Å². The highest BCUT2D eigenvalue weighted by Crippen LogP contribution is 2.36. The second kappa shape index (κ2) is 8.85. The van der Waals surface area contributed by atoms with Crippen LogP contribution in [0, 0.1) is 5.92 Å². The number of nitrogens with one attached hydrogen (secondary N) is 2. The number of aromatic amines is 1. The van der Waals surface area contributed by atoms with E-state index in [4.69, 9.17) is 0 Å². The van der Waals surface area contributed by atoms with Gasteiger partial charge in [0.1, 0.15) is 12.0 Å². The number of Topliss-reactive ketones (excluding diaryl/α,β-unsaturated/α-hetero) is 1. The van der Waals surface area contributed by atoms with E-state index in [1.165, 1.54) is 0 Å². The number of fused-ring (bicyclic) bond motifs is 1. The maximum absolute atomic E-state index is 13.3. The monoisotopic (exact) mass is 460 g/mol. The van der Waals surface area contributed by atoms with Crippen LogP contribution in [-0.2, 0) is 22.6 Å². The molecular weight excluding hydrogens is 435 g/mol. The zero-order valence-electron chi connectivity index (χ0n) is 18.8. The molecule has 34 heavy (non-hydrogen) atoms. The molecule has 174 valence electrons. The third kappa shape index (κ3) is 4.23. The number of rotatable bonds is 6. The Hall–Kier alpha value is -3.81. The predicted molar refractivity (Wildman–Crippen MR) is 125 cm³/mol. The summed E-state index contributed by atoms with van der Waals surface area (Å²) in [6, 6.07) is 13.4. The zero-order chi connectivity index (χ0) is 23.8. The van der Waals surface area contributed by atoms with Gasteiger partial charge in [0.05, 0.1) is 24.7 Å². The van der Waals surface area contributed by atoms with Gasteiger partial charge in [-0.2, -0.15) is 0 Å². The molecule has 2 aromatic heterocycles. The molecular formula is C26H25FN4O3. The average Bonchev–Trinajstić information content (AvgIpc) is 3.47. The van der Waals surface area contributed by atoms with Gasteiger partial charge in [-0.15, -0.1) is 0 Å². The fourth-order valence-electron chi connectivity index (χ4n) is 4.48. The van der Waals surface area contributed by atoms with E-state index in [0.29, 0.717) is 36.5 Å². The maximum Gasteiger partial charge on any atom is 0.231 e.